The molecule has 0 radical (unpaired) electrons. The molecule has 142 valence electrons. The maximum Gasteiger partial charge on any atom is 0.258 e. The first kappa shape index (κ1) is 18.7. The highest BCUT2D eigenvalue weighted by molar-refractivity contribution is 7.15. The molecule has 2 heterocycles. The zero-order valence-corrected chi connectivity index (χ0v) is 17.3. The number of nitrogens with zero attached hydrogens (tertiary/aromatic N) is 4. The smallest absolute Gasteiger partial charge is 0.258 e. The van der Waals surface area contributed by atoms with Crippen LogP contribution in [0.5, 0.6) is 0 Å². The molecule has 4 aromatic rings. The molecule has 6 nitrogen and oxygen atoms in total. The van der Waals surface area contributed by atoms with Crippen LogP contribution in [0.2, 0.25) is 10.0 Å². The van der Waals surface area contributed by atoms with E-state index in [1.165, 1.54) is 11.3 Å². The summed E-state index contributed by atoms with van der Waals surface area (Å²) >= 11 is 13.8. The summed E-state index contributed by atoms with van der Waals surface area (Å²) in [6, 6.07) is 12.5. The van der Waals surface area contributed by atoms with Gasteiger partial charge in [-0.25, -0.2) is 4.52 Å². The van der Waals surface area contributed by atoms with Gasteiger partial charge in [0, 0.05) is 41.3 Å². The SMILES string of the molecule is CN(C)c1ccc(C(=O)Nc2nc3scc(-c4cc(Cl)ccc4Cl)n3n2)cc1. The number of nitrogens with one attached hydrogen (secondary N) is 1. The fourth-order valence-corrected chi connectivity index (χ4v) is 3.91. The highest BCUT2D eigenvalue weighted by atomic mass is 35.5. The molecule has 1 N–H and O–H groups in total. The topological polar surface area (TPSA) is 62.5 Å². The zero-order chi connectivity index (χ0) is 19.8. The Kier molecular flexibility index (Phi) is 4.97. The van der Waals surface area contributed by atoms with Crippen LogP contribution in [0.3, 0.4) is 0 Å². The van der Waals surface area contributed by atoms with Gasteiger partial charge in [-0.1, -0.05) is 23.2 Å². The molecule has 0 aliphatic carbocycles. The van der Waals surface area contributed by atoms with Gasteiger partial charge in [0.1, 0.15) is 0 Å². The van der Waals surface area contributed by atoms with Crippen LogP contribution in [0.25, 0.3) is 16.2 Å². The molecule has 0 aliphatic rings. The minimum atomic E-state index is -0.272. The molecule has 0 atom stereocenters. The number of benzene rings is 2. The minimum Gasteiger partial charge on any atom is -0.378 e. The molecular weight excluding hydrogens is 417 g/mol. The Morgan fingerprint density at radius 1 is 1.14 bits per heavy atom. The summed E-state index contributed by atoms with van der Waals surface area (Å²) in [6.07, 6.45) is 0. The van der Waals surface area contributed by atoms with Gasteiger partial charge in [0.25, 0.3) is 11.9 Å². The quantitative estimate of drug-likeness (QED) is 0.489. The van der Waals surface area contributed by atoms with Crippen molar-refractivity contribution in [2.45, 2.75) is 0 Å². The second kappa shape index (κ2) is 7.43. The lowest BCUT2D eigenvalue weighted by Gasteiger charge is -2.12. The highest BCUT2D eigenvalue weighted by Crippen LogP contribution is 2.33. The lowest BCUT2D eigenvalue weighted by Crippen LogP contribution is -2.14. The standard InChI is InChI=1S/C19H15Cl2N5OS/c1-25(2)13-6-3-11(4-7-13)17(27)22-18-23-19-26(24-18)16(10-28-19)14-9-12(20)5-8-15(14)21/h3-10H,1-2H3,(H,22,24,27). The normalized spacial score (nSPS) is 11.0. The monoisotopic (exact) mass is 431 g/mol. The van der Waals surface area contributed by atoms with Crippen molar-refractivity contribution in [2.75, 3.05) is 24.3 Å². The molecule has 0 bridgehead atoms. The van der Waals surface area contributed by atoms with E-state index in [1.54, 1.807) is 34.8 Å². The lowest BCUT2D eigenvalue weighted by atomic mass is 10.2. The average Bonchev–Trinajstić information content (AvgIpc) is 3.24. The molecule has 0 saturated heterocycles. The molecule has 28 heavy (non-hydrogen) atoms. The lowest BCUT2D eigenvalue weighted by molar-refractivity contribution is 0.102. The van der Waals surface area contributed by atoms with Crippen molar-refractivity contribution >= 4 is 57.0 Å². The summed E-state index contributed by atoms with van der Waals surface area (Å²) in [4.78, 5) is 19.5. The van der Waals surface area contributed by atoms with Gasteiger partial charge in [0.2, 0.25) is 4.96 Å². The molecule has 2 aromatic heterocycles. The van der Waals surface area contributed by atoms with E-state index in [2.05, 4.69) is 15.4 Å². The summed E-state index contributed by atoms with van der Waals surface area (Å²) in [5, 5.41) is 10.2. The summed E-state index contributed by atoms with van der Waals surface area (Å²) in [6.45, 7) is 0. The van der Waals surface area contributed by atoms with Gasteiger partial charge in [-0.05, 0) is 42.5 Å². The summed E-state index contributed by atoms with van der Waals surface area (Å²) in [7, 11) is 3.89. The van der Waals surface area contributed by atoms with Gasteiger partial charge in [0.05, 0.1) is 10.7 Å². The van der Waals surface area contributed by atoms with Crippen LogP contribution in [0, 0.1) is 0 Å². The van der Waals surface area contributed by atoms with E-state index in [4.69, 9.17) is 23.2 Å². The van der Waals surface area contributed by atoms with Crippen LogP contribution in [-0.4, -0.2) is 34.6 Å². The molecule has 0 aliphatic heterocycles. The largest absolute Gasteiger partial charge is 0.378 e. The van der Waals surface area contributed by atoms with Crippen molar-refractivity contribution in [3.8, 4) is 11.3 Å². The fraction of sp³-hybridized carbons (Fsp3) is 0.105. The second-order valence-electron chi connectivity index (χ2n) is 6.27. The van der Waals surface area contributed by atoms with Crippen LogP contribution in [0.1, 0.15) is 10.4 Å². The number of amides is 1. The number of aromatic nitrogens is 3. The summed E-state index contributed by atoms with van der Waals surface area (Å²) in [5.41, 5.74) is 3.06. The maximum absolute atomic E-state index is 12.5. The maximum atomic E-state index is 12.5. The van der Waals surface area contributed by atoms with Crippen molar-refractivity contribution in [1.29, 1.82) is 0 Å². The number of hydrogen-bond acceptors (Lipinski definition) is 5. The number of thiazole rings is 1. The van der Waals surface area contributed by atoms with Crippen molar-refractivity contribution in [2.24, 2.45) is 0 Å². The Bertz CT molecular complexity index is 1170. The first-order chi connectivity index (χ1) is 13.4. The van der Waals surface area contributed by atoms with E-state index in [0.29, 0.717) is 20.6 Å². The number of carbonyl (C=O) groups is 1. The predicted molar refractivity (Wildman–Crippen MR) is 115 cm³/mol. The number of carbonyl (C=O) groups excluding carboxylic acids is 1. The number of halogens is 2. The Balaban J connectivity index is 1.61. The molecular formula is C19H15Cl2N5OS. The molecule has 0 saturated carbocycles. The minimum absolute atomic E-state index is 0.230. The molecule has 0 spiro atoms. The van der Waals surface area contributed by atoms with Crippen LogP contribution in [0.4, 0.5) is 11.6 Å². The zero-order valence-electron chi connectivity index (χ0n) is 15.0. The van der Waals surface area contributed by atoms with Crippen molar-refractivity contribution in [3.05, 3.63) is 63.5 Å². The Morgan fingerprint density at radius 2 is 1.89 bits per heavy atom. The van der Waals surface area contributed by atoms with Gasteiger partial charge in [0.15, 0.2) is 0 Å². The average molecular weight is 432 g/mol. The molecule has 0 fully saturated rings. The number of anilines is 2. The van der Waals surface area contributed by atoms with Crippen molar-refractivity contribution in [3.63, 3.8) is 0 Å². The number of rotatable bonds is 4. The van der Waals surface area contributed by atoms with Crippen LogP contribution in [0.15, 0.2) is 47.8 Å². The first-order valence-corrected chi connectivity index (χ1v) is 9.94. The van der Waals surface area contributed by atoms with E-state index in [1.807, 2.05) is 36.5 Å². The van der Waals surface area contributed by atoms with Crippen LogP contribution < -0.4 is 10.2 Å². The third-order valence-electron chi connectivity index (χ3n) is 4.16. The van der Waals surface area contributed by atoms with Crippen molar-refractivity contribution < 1.29 is 4.79 Å². The van der Waals surface area contributed by atoms with Crippen molar-refractivity contribution in [1.82, 2.24) is 14.6 Å². The second-order valence-corrected chi connectivity index (χ2v) is 7.95. The van der Waals surface area contributed by atoms with Gasteiger partial charge < -0.3 is 4.90 Å². The predicted octanol–water partition coefficient (Wildman–Crippen LogP) is 5.08. The van der Waals surface area contributed by atoms with E-state index >= 15 is 0 Å². The first-order valence-electron chi connectivity index (χ1n) is 8.31. The third kappa shape index (κ3) is 3.56. The molecule has 9 heteroatoms. The highest BCUT2D eigenvalue weighted by Gasteiger charge is 2.16. The molecule has 4 rings (SSSR count). The van der Waals surface area contributed by atoms with Gasteiger partial charge in [-0.15, -0.1) is 16.4 Å². The summed E-state index contributed by atoms with van der Waals surface area (Å²) in [5.74, 6) is -0.0427. The van der Waals surface area contributed by atoms with Crippen LogP contribution >= 0.6 is 34.5 Å². The molecule has 2 aromatic carbocycles. The third-order valence-corrected chi connectivity index (χ3v) is 5.54. The van der Waals surface area contributed by atoms with E-state index in [-0.39, 0.29) is 11.9 Å². The Morgan fingerprint density at radius 3 is 2.61 bits per heavy atom. The van der Waals surface area contributed by atoms with Gasteiger partial charge in [-0.2, -0.15) is 4.98 Å². The Hall–Kier alpha value is -2.61. The van der Waals surface area contributed by atoms with E-state index < -0.39 is 0 Å². The molecule has 1 amide bonds. The Labute approximate surface area is 175 Å². The molecule has 0 unspecified atom stereocenters. The summed E-state index contributed by atoms with van der Waals surface area (Å²) < 4.78 is 1.65. The number of hydrogen-bond donors (Lipinski definition) is 1. The van der Waals surface area contributed by atoms with Crippen LogP contribution in [-0.2, 0) is 0 Å². The van der Waals surface area contributed by atoms with Gasteiger partial charge in [-0.3, -0.25) is 10.1 Å². The van der Waals surface area contributed by atoms with Gasteiger partial charge >= 0.3 is 0 Å². The number of fused-ring (bicyclic) bond motifs is 1. The van der Waals surface area contributed by atoms with E-state index in [0.717, 1.165) is 16.9 Å². The fourth-order valence-electron chi connectivity index (χ4n) is 2.70. The van der Waals surface area contributed by atoms with E-state index in [9.17, 15) is 4.79 Å².